The summed E-state index contributed by atoms with van der Waals surface area (Å²) in [7, 11) is 0. The van der Waals surface area contributed by atoms with E-state index in [0.29, 0.717) is 25.6 Å². The summed E-state index contributed by atoms with van der Waals surface area (Å²) in [6, 6.07) is 0.395. The Morgan fingerprint density at radius 3 is 2.70 bits per heavy atom. The van der Waals surface area contributed by atoms with Crippen molar-refractivity contribution in [3.63, 3.8) is 0 Å². The fourth-order valence-electron chi connectivity index (χ4n) is 3.20. The van der Waals surface area contributed by atoms with E-state index in [1.807, 2.05) is 4.90 Å². The SMILES string of the molecule is CCCNCCNC(=O)C1CC(=O)N(C2CCCC2)C1. The van der Waals surface area contributed by atoms with Gasteiger partial charge in [0, 0.05) is 32.1 Å². The van der Waals surface area contributed by atoms with Crippen LogP contribution in [0.5, 0.6) is 0 Å². The highest BCUT2D eigenvalue weighted by molar-refractivity contribution is 5.89. The minimum atomic E-state index is -0.144. The molecule has 1 unspecified atom stereocenters. The zero-order valence-corrected chi connectivity index (χ0v) is 12.5. The van der Waals surface area contributed by atoms with Gasteiger partial charge < -0.3 is 15.5 Å². The van der Waals surface area contributed by atoms with E-state index in [2.05, 4.69) is 17.6 Å². The van der Waals surface area contributed by atoms with Crippen molar-refractivity contribution in [1.82, 2.24) is 15.5 Å². The topological polar surface area (TPSA) is 61.4 Å². The van der Waals surface area contributed by atoms with Crippen LogP contribution in [0, 0.1) is 5.92 Å². The lowest BCUT2D eigenvalue weighted by molar-refractivity contribution is -0.130. The molecule has 2 aliphatic rings. The van der Waals surface area contributed by atoms with Crippen LogP contribution in [0.25, 0.3) is 0 Å². The monoisotopic (exact) mass is 281 g/mol. The third-order valence-corrected chi connectivity index (χ3v) is 4.32. The van der Waals surface area contributed by atoms with Gasteiger partial charge in [-0.1, -0.05) is 19.8 Å². The van der Waals surface area contributed by atoms with E-state index in [1.54, 1.807) is 0 Å². The normalized spacial score (nSPS) is 23.6. The van der Waals surface area contributed by atoms with Crippen molar-refractivity contribution in [2.24, 2.45) is 5.92 Å². The summed E-state index contributed by atoms with van der Waals surface area (Å²) in [5, 5.41) is 6.19. The highest BCUT2D eigenvalue weighted by atomic mass is 16.2. The number of rotatable bonds is 7. The molecule has 5 nitrogen and oxygen atoms in total. The van der Waals surface area contributed by atoms with Gasteiger partial charge in [0.05, 0.1) is 5.92 Å². The second-order valence-corrected chi connectivity index (χ2v) is 5.93. The Balaban J connectivity index is 1.70. The molecule has 2 N–H and O–H groups in total. The molecule has 2 fully saturated rings. The van der Waals surface area contributed by atoms with Gasteiger partial charge in [-0.05, 0) is 25.8 Å². The van der Waals surface area contributed by atoms with Gasteiger partial charge in [0.25, 0.3) is 0 Å². The van der Waals surface area contributed by atoms with Crippen LogP contribution in [0.3, 0.4) is 0 Å². The van der Waals surface area contributed by atoms with Crippen LogP contribution in [0.4, 0.5) is 0 Å². The zero-order chi connectivity index (χ0) is 14.4. The van der Waals surface area contributed by atoms with Gasteiger partial charge in [-0.15, -0.1) is 0 Å². The molecule has 1 atom stereocenters. The van der Waals surface area contributed by atoms with Crippen molar-refractivity contribution in [2.75, 3.05) is 26.2 Å². The second-order valence-electron chi connectivity index (χ2n) is 5.93. The lowest BCUT2D eigenvalue weighted by Crippen LogP contribution is -2.38. The van der Waals surface area contributed by atoms with Crippen molar-refractivity contribution in [3.05, 3.63) is 0 Å². The molecule has 1 heterocycles. The number of nitrogens with one attached hydrogen (secondary N) is 2. The highest BCUT2D eigenvalue weighted by Crippen LogP contribution is 2.29. The molecule has 1 aliphatic heterocycles. The van der Waals surface area contributed by atoms with Crippen molar-refractivity contribution in [2.45, 2.75) is 51.5 Å². The molecule has 0 aromatic carbocycles. The van der Waals surface area contributed by atoms with Crippen LogP contribution in [0.1, 0.15) is 45.4 Å². The fraction of sp³-hybridized carbons (Fsp3) is 0.867. The molecule has 1 saturated carbocycles. The lowest BCUT2D eigenvalue weighted by atomic mass is 10.1. The molecule has 0 radical (unpaired) electrons. The summed E-state index contributed by atoms with van der Waals surface area (Å²) in [5.41, 5.74) is 0. The van der Waals surface area contributed by atoms with Gasteiger partial charge >= 0.3 is 0 Å². The summed E-state index contributed by atoms with van der Waals surface area (Å²) in [4.78, 5) is 26.0. The van der Waals surface area contributed by atoms with Gasteiger partial charge in [0.1, 0.15) is 0 Å². The largest absolute Gasteiger partial charge is 0.355 e. The summed E-state index contributed by atoms with van der Waals surface area (Å²) >= 11 is 0. The first kappa shape index (κ1) is 15.3. The number of carbonyl (C=O) groups excluding carboxylic acids is 2. The summed E-state index contributed by atoms with van der Waals surface area (Å²) in [6.07, 6.45) is 6.15. The van der Waals surface area contributed by atoms with Gasteiger partial charge in [0.2, 0.25) is 11.8 Å². The summed E-state index contributed by atoms with van der Waals surface area (Å²) in [5.74, 6) is 0.0626. The van der Waals surface area contributed by atoms with Crippen molar-refractivity contribution in [1.29, 1.82) is 0 Å². The third kappa shape index (κ3) is 3.95. The predicted molar refractivity (Wildman–Crippen MR) is 78.2 cm³/mol. The van der Waals surface area contributed by atoms with Crippen molar-refractivity contribution in [3.8, 4) is 0 Å². The van der Waals surface area contributed by atoms with Gasteiger partial charge in [-0.3, -0.25) is 9.59 Å². The molecule has 20 heavy (non-hydrogen) atoms. The van der Waals surface area contributed by atoms with Crippen molar-refractivity contribution < 1.29 is 9.59 Å². The first-order chi connectivity index (χ1) is 9.72. The summed E-state index contributed by atoms with van der Waals surface area (Å²) < 4.78 is 0. The zero-order valence-electron chi connectivity index (χ0n) is 12.5. The molecule has 2 rings (SSSR count). The number of amides is 2. The summed E-state index contributed by atoms with van der Waals surface area (Å²) in [6.45, 7) is 5.16. The maximum Gasteiger partial charge on any atom is 0.225 e. The molecule has 114 valence electrons. The van der Waals surface area contributed by atoms with Gasteiger partial charge in [-0.25, -0.2) is 0 Å². The maximum absolute atomic E-state index is 12.1. The maximum atomic E-state index is 12.1. The minimum Gasteiger partial charge on any atom is -0.355 e. The van der Waals surface area contributed by atoms with E-state index in [4.69, 9.17) is 0 Å². The van der Waals surface area contributed by atoms with E-state index in [1.165, 1.54) is 12.8 Å². The third-order valence-electron chi connectivity index (χ3n) is 4.32. The smallest absolute Gasteiger partial charge is 0.225 e. The molecular formula is C15H27N3O2. The van der Waals surface area contributed by atoms with Gasteiger partial charge in [0.15, 0.2) is 0 Å². The second kappa shape index (κ2) is 7.62. The molecule has 5 heteroatoms. The number of nitrogens with zero attached hydrogens (tertiary/aromatic N) is 1. The Morgan fingerprint density at radius 2 is 2.00 bits per heavy atom. The molecule has 0 aromatic rings. The molecule has 0 spiro atoms. The molecule has 2 amide bonds. The van der Waals surface area contributed by atoms with Crippen LogP contribution in [0.15, 0.2) is 0 Å². The Morgan fingerprint density at radius 1 is 1.25 bits per heavy atom. The van der Waals surface area contributed by atoms with Crippen LogP contribution >= 0.6 is 0 Å². The van der Waals surface area contributed by atoms with Gasteiger partial charge in [-0.2, -0.15) is 0 Å². The Hall–Kier alpha value is -1.10. The Kier molecular flexibility index (Phi) is 5.83. The molecule has 1 aliphatic carbocycles. The van der Waals surface area contributed by atoms with E-state index in [-0.39, 0.29) is 17.7 Å². The quantitative estimate of drug-likeness (QED) is 0.681. The van der Waals surface area contributed by atoms with Crippen LogP contribution in [-0.4, -0.2) is 48.9 Å². The molecular weight excluding hydrogens is 254 g/mol. The Labute approximate surface area is 121 Å². The first-order valence-corrected chi connectivity index (χ1v) is 8.00. The minimum absolute atomic E-state index is 0.0390. The standard InChI is InChI=1S/C15H27N3O2/c1-2-7-16-8-9-17-15(20)12-10-14(19)18(11-12)13-5-3-4-6-13/h12-13,16H,2-11H2,1H3,(H,17,20). The van der Waals surface area contributed by atoms with Crippen molar-refractivity contribution >= 4 is 11.8 Å². The van der Waals surface area contributed by atoms with E-state index in [9.17, 15) is 9.59 Å². The average Bonchev–Trinajstić information content (AvgIpc) is 3.07. The molecule has 0 aromatic heterocycles. The lowest BCUT2D eigenvalue weighted by Gasteiger charge is -2.23. The molecule has 0 bridgehead atoms. The van der Waals surface area contributed by atoms with E-state index >= 15 is 0 Å². The van der Waals surface area contributed by atoms with E-state index < -0.39 is 0 Å². The first-order valence-electron chi connectivity index (χ1n) is 8.00. The average molecular weight is 281 g/mol. The fourth-order valence-corrected chi connectivity index (χ4v) is 3.20. The number of hydrogen-bond acceptors (Lipinski definition) is 3. The number of hydrogen-bond donors (Lipinski definition) is 2. The highest BCUT2D eigenvalue weighted by Gasteiger charge is 2.38. The Bertz CT molecular complexity index is 340. The van der Waals surface area contributed by atoms with Crippen LogP contribution < -0.4 is 10.6 Å². The van der Waals surface area contributed by atoms with Crippen LogP contribution in [-0.2, 0) is 9.59 Å². The molecule has 1 saturated heterocycles. The number of likely N-dealkylation sites (tertiary alicyclic amines) is 1. The van der Waals surface area contributed by atoms with Crippen LogP contribution in [0.2, 0.25) is 0 Å². The predicted octanol–water partition coefficient (Wildman–Crippen LogP) is 0.893. The number of carbonyl (C=O) groups is 2. The van der Waals surface area contributed by atoms with E-state index in [0.717, 1.165) is 32.4 Å².